The summed E-state index contributed by atoms with van der Waals surface area (Å²) in [5.41, 5.74) is 1.83. The summed E-state index contributed by atoms with van der Waals surface area (Å²) in [6.45, 7) is 3.29. The highest BCUT2D eigenvalue weighted by molar-refractivity contribution is 6.30. The first kappa shape index (κ1) is 17.2. The van der Waals surface area contributed by atoms with Crippen LogP contribution in [0.25, 0.3) is 0 Å². The van der Waals surface area contributed by atoms with Crippen molar-refractivity contribution in [2.75, 3.05) is 30.9 Å². The Morgan fingerprint density at radius 2 is 2.13 bits per heavy atom. The zero-order chi connectivity index (χ0) is 16.7. The molecule has 23 heavy (non-hydrogen) atoms. The zero-order valence-corrected chi connectivity index (χ0v) is 13.9. The van der Waals surface area contributed by atoms with Crippen molar-refractivity contribution in [2.24, 2.45) is 0 Å². The lowest BCUT2D eigenvalue weighted by molar-refractivity contribution is 0.102. The minimum atomic E-state index is -0.311. The van der Waals surface area contributed by atoms with Gasteiger partial charge in [-0.15, -0.1) is 0 Å². The minimum Gasteiger partial charge on any atom is -0.385 e. The maximum atomic E-state index is 12.2. The van der Waals surface area contributed by atoms with Crippen molar-refractivity contribution in [1.82, 2.24) is 9.97 Å². The third-order valence-corrected chi connectivity index (χ3v) is 3.39. The molecule has 2 aromatic rings. The summed E-state index contributed by atoms with van der Waals surface area (Å²) < 4.78 is 4.97. The van der Waals surface area contributed by atoms with E-state index in [0.717, 1.165) is 18.5 Å². The number of methoxy groups -OCH3 is 1. The molecule has 1 heterocycles. The third kappa shape index (κ3) is 5.19. The second-order valence-electron chi connectivity index (χ2n) is 4.97. The van der Waals surface area contributed by atoms with Gasteiger partial charge in [0.2, 0.25) is 0 Å². The molecule has 0 atom stereocenters. The van der Waals surface area contributed by atoms with E-state index in [1.165, 1.54) is 12.4 Å². The number of ether oxygens (including phenoxy) is 1. The van der Waals surface area contributed by atoms with Crippen LogP contribution in [0.1, 0.15) is 22.5 Å². The van der Waals surface area contributed by atoms with Crippen LogP contribution in [0.2, 0.25) is 5.02 Å². The molecule has 1 aromatic carbocycles. The molecule has 0 fully saturated rings. The number of aromatic nitrogens is 2. The van der Waals surface area contributed by atoms with Crippen LogP contribution in [-0.4, -0.2) is 36.1 Å². The van der Waals surface area contributed by atoms with E-state index in [-0.39, 0.29) is 11.6 Å². The predicted octanol–water partition coefficient (Wildman–Crippen LogP) is 3.14. The van der Waals surface area contributed by atoms with E-state index in [1.807, 2.05) is 6.92 Å². The zero-order valence-electron chi connectivity index (χ0n) is 13.1. The van der Waals surface area contributed by atoms with Gasteiger partial charge in [0.05, 0.1) is 12.4 Å². The Kier molecular flexibility index (Phi) is 6.31. The Hall–Kier alpha value is -2.18. The van der Waals surface area contributed by atoms with Gasteiger partial charge in [0.25, 0.3) is 5.91 Å². The number of nitrogens with zero attached hydrogens (tertiary/aromatic N) is 2. The molecule has 0 unspecified atom stereocenters. The molecule has 2 rings (SSSR count). The molecule has 1 amide bonds. The molecule has 1 aromatic heterocycles. The second kappa shape index (κ2) is 8.45. The van der Waals surface area contributed by atoms with Gasteiger partial charge in [-0.2, -0.15) is 0 Å². The van der Waals surface area contributed by atoms with Gasteiger partial charge in [-0.1, -0.05) is 11.6 Å². The van der Waals surface area contributed by atoms with Gasteiger partial charge in [0.15, 0.2) is 0 Å². The normalized spacial score (nSPS) is 10.4. The van der Waals surface area contributed by atoms with Gasteiger partial charge in [-0.05, 0) is 37.1 Å². The van der Waals surface area contributed by atoms with Crippen LogP contribution in [0, 0.1) is 6.92 Å². The molecule has 0 saturated carbocycles. The van der Waals surface area contributed by atoms with Crippen molar-refractivity contribution >= 4 is 29.0 Å². The first-order valence-corrected chi connectivity index (χ1v) is 7.60. The number of hydrogen-bond acceptors (Lipinski definition) is 5. The molecule has 7 heteroatoms. The van der Waals surface area contributed by atoms with Crippen LogP contribution in [-0.2, 0) is 4.74 Å². The second-order valence-corrected chi connectivity index (χ2v) is 5.41. The molecule has 6 nitrogen and oxygen atoms in total. The lowest BCUT2D eigenvalue weighted by Gasteiger charge is -2.09. The maximum Gasteiger partial charge on any atom is 0.275 e. The van der Waals surface area contributed by atoms with E-state index in [1.54, 1.807) is 25.3 Å². The van der Waals surface area contributed by atoms with E-state index in [4.69, 9.17) is 16.3 Å². The maximum absolute atomic E-state index is 12.2. The summed E-state index contributed by atoms with van der Waals surface area (Å²) in [6.07, 6.45) is 3.85. The summed E-state index contributed by atoms with van der Waals surface area (Å²) in [6, 6.07) is 5.27. The summed E-state index contributed by atoms with van der Waals surface area (Å²) in [5.74, 6) is 0.314. The molecule has 122 valence electrons. The SMILES string of the molecule is COCCCNc1cnc(C(=O)Nc2ccc(Cl)cc2C)cn1. The fourth-order valence-electron chi connectivity index (χ4n) is 1.92. The lowest BCUT2D eigenvalue weighted by atomic mass is 10.2. The standard InChI is InChI=1S/C16H19ClN4O2/c1-11-8-12(17)4-5-13(11)21-16(22)14-9-20-15(10-19-14)18-6-3-7-23-2/h4-5,8-10H,3,6-7H2,1-2H3,(H,18,20)(H,21,22). The van der Waals surface area contributed by atoms with Gasteiger partial charge in [0.1, 0.15) is 11.5 Å². The van der Waals surface area contributed by atoms with Crippen molar-refractivity contribution in [3.63, 3.8) is 0 Å². The van der Waals surface area contributed by atoms with Gasteiger partial charge in [-0.3, -0.25) is 4.79 Å². The van der Waals surface area contributed by atoms with Crippen molar-refractivity contribution in [1.29, 1.82) is 0 Å². The molecule has 2 N–H and O–H groups in total. The number of amides is 1. The number of benzene rings is 1. The molecule has 0 aliphatic heterocycles. The molecule has 0 saturated heterocycles. The van der Waals surface area contributed by atoms with E-state index in [0.29, 0.717) is 23.1 Å². The van der Waals surface area contributed by atoms with Gasteiger partial charge >= 0.3 is 0 Å². The summed E-state index contributed by atoms with van der Waals surface area (Å²) in [7, 11) is 1.66. The Bertz CT molecular complexity index is 662. The average Bonchev–Trinajstić information content (AvgIpc) is 2.55. The minimum absolute atomic E-state index is 0.252. The Morgan fingerprint density at radius 3 is 2.78 bits per heavy atom. The quantitative estimate of drug-likeness (QED) is 0.761. The largest absolute Gasteiger partial charge is 0.385 e. The van der Waals surface area contributed by atoms with Crippen LogP contribution in [0.4, 0.5) is 11.5 Å². The Labute approximate surface area is 140 Å². The highest BCUT2D eigenvalue weighted by atomic mass is 35.5. The average molecular weight is 335 g/mol. The Morgan fingerprint density at radius 1 is 1.30 bits per heavy atom. The smallest absolute Gasteiger partial charge is 0.275 e. The molecule has 0 aliphatic rings. The van der Waals surface area contributed by atoms with E-state index < -0.39 is 0 Å². The molecular weight excluding hydrogens is 316 g/mol. The number of hydrogen-bond donors (Lipinski definition) is 2. The van der Waals surface area contributed by atoms with Crippen molar-refractivity contribution in [3.05, 3.63) is 46.9 Å². The number of halogens is 1. The fourth-order valence-corrected chi connectivity index (χ4v) is 2.15. The molecule has 0 bridgehead atoms. The van der Waals surface area contributed by atoms with Gasteiger partial charge in [-0.25, -0.2) is 9.97 Å². The van der Waals surface area contributed by atoms with Crippen LogP contribution in [0.3, 0.4) is 0 Å². The van der Waals surface area contributed by atoms with Crippen LogP contribution < -0.4 is 10.6 Å². The molecule has 0 spiro atoms. The van der Waals surface area contributed by atoms with Crippen molar-refractivity contribution in [2.45, 2.75) is 13.3 Å². The first-order valence-electron chi connectivity index (χ1n) is 7.22. The first-order chi connectivity index (χ1) is 11.1. The summed E-state index contributed by atoms with van der Waals surface area (Å²) >= 11 is 5.90. The van der Waals surface area contributed by atoms with Crippen molar-refractivity contribution in [3.8, 4) is 0 Å². The number of rotatable bonds is 7. The summed E-state index contributed by atoms with van der Waals surface area (Å²) in [4.78, 5) is 20.5. The summed E-state index contributed by atoms with van der Waals surface area (Å²) in [5, 5.41) is 6.54. The van der Waals surface area contributed by atoms with Crippen LogP contribution in [0.5, 0.6) is 0 Å². The van der Waals surface area contributed by atoms with Gasteiger partial charge < -0.3 is 15.4 Å². The highest BCUT2D eigenvalue weighted by Crippen LogP contribution is 2.20. The third-order valence-electron chi connectivity index (χ3n) is 3.15. The number of carbonyl (C=O) groups is 1. The van der Waals surface area contributed by atoms with Crippen LogP contribution >= 0.6 is 11.6 Å². The number of carbonyl (C=O) groups excluding carboxylic acids is 1. The van der Waals surface area contributed by atoms with E-state index in [9.17, 15) is 4.79 Å². The molecule has 0 aliphatic carbocycles. The topological polar surface area (TPSA) is 76.1 Å². The van der Waals surface area contributed by atoms with Crippen molar-refractivity contribution < 1.29 is 9.53 Å². The predicted molar refractivity (Wildman–Crippen MR) is 91.2 cm³/mol. The Balaban J connectivity index is 1.94. The highest BCUT2D eigenvalue weighted by Gasteiger charge is 2.10. The van der Waals surface area contributed by atoms with Gasteiger partial charge in [0, 0.05) is 31.0 Å². The fraction of sp³-hybridized carbons (Fsp3) is 0.312. The van der Waals surface area contributed by atoms with E-state index in [2.05, 4.69) is 20.6 Å². The van der Waals surface area contributed by atoms with Crippen LogP contribution in [0.15, 0.2) is 30.6 Å². The molecule has 0 radical (unpaired) electrons. The number of anilines is 2. The number of aryl methyl sites for hydroxylation is 1. The molecular formula is C16H19ClN4O2. The van der Waals surface area contributed by atoms with E-state index >= 15 is 0 Å². The monoisotopic (exact) mass is 334 g/mol. The number of nitrogens with one attached hydrogen (secondary N) is 2. The lowest BCUT2D eigenvalue weighted by Crippen LogP contribution is -2.15.